The van der Waals surface area contributed by atoms with Crippen molar-refractivity contribution in [2.24, 2.45) is 0 Å². The van der Waals surface area contributed by atoms with Crippen molar-refractivity contribution in [3.05, 3.63) is 76.5 Å². The molecule has 1 N–H and O–H groups in total. The van der Waals surface area contributed by atoms with Crippen LogP contribution in [0.4, 0.5) is 5.69 Å². The molecular formula is C23H22N4O2S2. The fraction of sp³-hybridized carbons (Fsp3) is 0.174. The monoisotopic (exact) mass is 450 g/mol. The minimum atomic E-state index is -0.00903. The first-order valence-electron chi connectivity index (χ1n) is 9.71. The number of aromatic amines is 1. The Morgan fingerprint density at radius 1 is 1.13 bits per heavy atom. The Balaban J connectivity index is 1.46. The molecule has 0 aliphatic rings. The highest BCUT2D eigenvalue weighted by Gasteiger charge is 2.18. The van der Waals surface area contributed by atoms with Crippen molar-refractivity contribution in [2.45, 2.75) is 18.6 Å². The third-order valence-corrected chi connectivity index (χ3v) is 6.39. The van der Waals surface area contributed by atoms with Crippen molar-refractivity contribution < 1.29 is 9.53 Å². The molecule has 0 fully saturated rings. The first-order chi connectivity index (χ1) is 15.1. The van der Waals surface area contributed by atoms with Gasteiger partial charge in [0.2, 0.25) is 11.1 Å². The van der Waals surface area contributed by atoms with Crippen molar-refractivity contribution >= 4 is 34.7 Å². The summed E-state index contributed by atoms with van der Waals surface area (Å²) >= 11 is 2.96. The van der Waals surface area contributed by atoms with Crippen LogP contribution in [-0.2, 0) is 11.3 Å². The predicted octanol–water partition coefficient (Wildman–Crippen LogP) is 5.18. The zero-order chi connectivity index (χ0) is 21.6. The summed E-state index contributed by atoms with van der Waals surface area (Å²) in [5.41, 5.74) is 2.98. The van der Waals surface area contributed by atoms with Crippen LogP contribution in [0.25, 0.3) is 11.4 Å². The number of hydrogen-bond donors (Lipinski definition) is 1. The van der Waals surface area contributed by atoms with Crippen LogP contribution in [0.5, 0.6) is 5.75 Å². The van der Waals surface area contributed by atoms with Gasteiger partial charge in [0.15, 0.2) is 5.82 Å². The minimum Gasteiger partial charge on any atom is -0.497 e. The number of methoxy groups -OCH3 is 1. The Labute approximate surface area is 189 Å². The summed E-state index contributed by atoms with van der Waals surface area (Å²) in [6.07, 6.45) is 0. The Kier molecular flexibility index (Phi) is 6.69. The Bertz CT molecular complexity index is 1120. The third kappa shape index (κ3) is 5.34. The molecule has 0 aliphatic heterocycles. The second kappa shape index (κ2) is 9.80. The standard InChI is InChI=1S/C23H22N4O2S2/c1-16-5-7-17(8-6-16)22-24-23(26-25-22)31-15-21(28)27(14-20-4-3-13-30-20)18-9-11-19(29-2)12-10-18/h3-13H,14-15H2,1-2H3,(H,24,25,26). The lowest BCUT2D eigenvalue weighted by Crippen LogP contribution is -2.31. The molecule has 0 saturated heterocycles. The van der Waals surface area contributed by atoms with Crippen LogP contribution in [-0.4, -0.2) is 34.0 Å². The van der Waals surface area contributed by atoms with E-state index in [1.165, 1.54) is 17.3 Å². The first kappa shape index (κ1) is 21.1. The topological polar surface area (TPSA) is 71.1 Å². The zero-order valence-corrected chi connectivity index (χ0v) is 18.9. The van der Waals surface area contributed by atoms with Gasteiger partial charge in [-0.3, -0.25) is 9.89 Å². The van der Waals surface area contributed by atoms with Crippen LogP contribution in [0.1, 0.15) is 10.4 Å². The fourth-order valence-electron chi connectivity index (χ4n) is 3.00. The average Bonchev–Trinajstić information content (AvgIpc) is 3.49. The smallest absolute Gasteiger partial charge is 0.237 e. The van der Waals surface area contributed by atoms with Gasteiger partial charge in [-0.15, -0.1) is 16.4 Å². The van der Waals surface area contributed by atoms with Crippen molar-refractivity contribution in [2.75, 3.05) is 17.8 Å². The summed E-state index contributed by atoms with van der Waals surface area (Å²) in [5.74, 6) is 1.68. The number of thiophene rings is 1. The number of rotatable bonds is 8. The molecule has 158 valence electrons. The summed E-state index contributed by atoms with van der Waals surface area (Å²) in [6, 6.07) is 19.6. The maximum atomic E-state index is 13.1. The van der Waals surface area contributed by atoms with E-state index < -0.39 is 0 Å². The summed E-state index contributed by atoms with van der Waals surface area (Å²) in [5, 5.41) is 9.78. The van der Waals surface area contributed by atoms with Gasteiger partial charge in [0.1, 0.15) is 5.75 Å². The second-order valence-corrected chi connectivity index (χ2v) is 8.85. The van der Waals surface area contributed by atoms with E-state index in [4.69, 9.17) is 4.74 Å². The number of hydrogen-bond acceptors (Lipinski definition) is 6. The van der Waals surface area contributed by atoms with Crippen LogP contribution in [0.3, 0.4) is 0 Å². The number of aryl methyl sites for hydroxylation is 1. The van der Waals surface area contributed by atoms with E-state index in [2.05, 4.69) is 15.2 Å². The summed E-state index contributed by atoms with van der Waals surface area (Å²) in [7, 11) is 1.63. The Morgan fingerprint density at radius 2 is 1.90 bits per heavy atom. The number of benzene rings is 2. The quantitative estimate of drug-likeness (QED) is 0.375. The van der Waals surface area contributed by atoms with Crippen molar-refractivity contribution in [1.29, 1.82) is 0 Å². The van der Waals surface area contributed by atoms with Gasteiger partial charge >= 0.3 is 0 Å². The lowest BCUT2D eigenvalue weighted by atomic mass is 10.1. The van der Waals surface area contributed by atoms with Gasteiger partial charge in [0.25, 0.3) is 0 Å². The van der Waals surface area contributed by atoms with E-state index >= 15 is 0 Å². The number of carbonyl (C=O) groups is 1. The van der Waals surface area contributed by atoms with Gasteiger partial charge in [0, 0.05) is 16.1 Å². The van der Waals surface area contributed by atoms with Crippen molar-refractivity contribution in [3.8, 4) is 17.1 Å². The molecule has 0 aliphatic carbocycles. The van der Waals surface area contributed by atoms with Crippen molar-refractivity contribution in [1.82, 2.24) is 15.2 Å². The van der Waals surface area contributed by atoms with Gasteiger partial charge in [-0.05, 0) is 42.6 Å². The van der Waals surface area contributed by atoms with E-state index in [9.17, 15) is 4.79 Å². The van der Waals surface area contributed by atoms with Gasteiger partial charge in [-0.1, -0.05) is 47.7 Å². The molecule has 2 heterocycles. The van der Waals surface area contributed by atoms with Crippen molar-refractivity contribution in [3.63, 3.8) is 0 Å². The highest BCUT2D eigenvalue weighted by atomic mass is 32.2. The van der Waals surface area contributed by atoms with Crippen LogP contribution in [0, 0.1) is 6.92 Å². The minimum absolute atomic E-state index is 0.00903. The number of anilines is 1. The lowest BCUT2D eigenvalue weighted by molar-refractivity contribution is -0.116. The molecule has 2 aromatic carbocycles. The molecule has 0 spiro atoms. The maximum absolute atomic E-state index is 13.1. The number of nitrogens with one attached hydrogen (secondary N) is 1. The van der Waals surface area contributed by atoms with E-state index in [-0.39, 0.29) is 11.7 Å². The molecule has 6 nitrogen and oxygen atoms in total. The van der Waals surface area contributed by atoms with Crippen LogP contribution in [0.2, 0.25) is 0 Å². The highest BCUT2D eigenvalue weighted by Crippen LogP contribution is 2.25. The van der Waals surface area contributed by atoms with Gasteiger partial charge < -0.3 is 9.64 Å². The largest absolute Gasteiger partial charge is 0.497 e. The number of amides is 1. The summed E-state index contributed by atoms with van der Waals surface area (Å²) < 4.78 is 5.24. The SMILES string of the molecule is COc1ccc(N(Cc2cccs2)C(=O)CSc2n[nH]c(-c3ccc(C)cc3)n2)cc1. The number of aromatic nitrogens is 3. The van der Waals surface area contributed by atoms with E-state index in [1.807, 2.05) is 73.0 Å². The summed E-state index contributed by atoms with van der Waals surface area (Å²) in [6.45, 7) is 2.56. The zero-order valence-electron chi connectivity index (χ0n) is 17.2. The number of thioether (sulfide) groups is 1. The molecule has 1 amide bonds. The molecule has 4 aromatic rings. The van der Waals surface area contributed by atoms with E-state index in [0.717, 1.165) is 21.9 Å². The van der Waals surface area contributed by atoms with Crippen LogP contribution >= 0.6 is 23.1 Å². The average molecular weight is 451 g/mol. The lowest BCUT2D eigenvalue weighted by Gasteiger charge is -2.22. The Hall–Kier alpha value is -3.10. The molecule has 4 rings (SSSR count). The number of nitrogens with zero attached hydrogens (tertiary/aromatic N) is 3. The van der Waals surface area contributed by atoms with Gasteiger partial charge in [0.05, 0.1) is 19.4 Å². The third-order valence-electron chi connectivity index (χ3n) is 4.69. The molecular weight excluding hydrogens is 428 g/mol. The number of carbonyl (C=O) groups excluding carboxylic acids is 1. The first-order valence-corrected chi connectivity index (χ1v) is 11.6. The van der Waals surface area contributed by atoms with Crippen LogP contribution < -0.4 is 9.64 Å². The number of ether oxygens (including phenoxy) is 1. The molecule has 0 unspecified atom stereocenters. The molecule has 0 radical (unpaired) electrons. The predicted molar refractivity (Wildman–Crippen MR) is 126 cm³/mol. The summed E-state index contributed by atoms with van der Waals surface area (Å²) in [4.78, 5) is 20.6. The van der Waals surface area contributed by atoms with Crippen LogP contribution in [0.15, 0.2) is 71.2 Å². The molecule has 0 atom stereocenters. The highest BCUT2D eigenvalue weighted by molar-refractivity contribution is 7.99. The normalized spacial score (nSPS) is 10.8. The molecule has 31 heavy (non-hydrogen) atoms. The van der Waals surface area contributed by atoms with E-state index in [0.29, 0.717) is 17.5 Å². The fourth-order valence-corrected chi connectivity index (χ4v) is 4.37. The second-order valence-electron chi connectivity index (χ2n) is 6.88. The maximum Gasteiger partial charge on any atom is 0.237 e. The van der Waals surface area contributed by atoms with Gasteiger partial charge in [-0.2, -0.15) is 0 Å². The molecule has 0 bridgehead atoms. The Morgan fingerprint density at radius 3 is 2.58 bits per heavy atom. The van der Waals surface area contributed by atoms with Gasteiger partial charge in [-0.25, -0.2) is 4.98 Å². The molecule has 2 aromatic heterocycles. The molecule has 0 saturated carbocycles. The van der Waals surface area contributed by atoms with E-state index in [1.54, 1.807) is 23.3 Å². The molecule has 8 heteroatoms. The number of H-pyrrole nitrogens is 1.